The lowest BCUT2D eigenvalue weighted by Gasteiger charge is -2.34. The maximum absolute atomic E-state index is 13.2. The van der Waals surface area contributed by atoms with Crippen LogP contribution in [0.5, 0.6) is 0 Å². The molecule has 2 aromatic rings. The normalized spacial score (nSPS) is 15.7. The minimum atomic E-state index is -1.96. The highest BCUT2D eigenvalue weighted by molar-refractivity contribution is 5.86. The average molecular weight is 521 g/mol. The quantitative estimate of drug-likeness (QED) is 0.401. The molecule has 0 bridgehead atoms. The molecule has 1 aliphatic heterocycles. The Kier molecular flexibility index (Phi) is 10.7. The van der Waals surface area contributed by atoms with Gasteiger partial charge in [-0.15, -0.1) is 12.4 Å². The number of benzene rings is 2. The number of amides is 1. The maximum Gasteiger partial charge on any atom is 0.412 e. The van der Waals surface area contributed by atoms with Gasteiger partial charge in [0.15, 0.2) is 0 Å². The molecule has 0 spiro atoms. The molecule has 1 saturated heterocycles. The van der Waals surface area contributed by atoms with Gasteiger partial charge in [-0.2, -0.15) is 0 Å². The molecule has 0 aromatic heterocycles. The molecule has 0 radical (unpaired) electrons. The number of likely N-dealkylation sites (tertiary alicyclic amines) is 1. The van der Waals surface area contributed by atoms with Crippen molar-refractivity contribution in [3.05, 3.63) is 71.8 Å². The van der Waals surface area contributed by atoms with Gasteiger partial charge < -0.3 is 30.0 Å². The summed E-state index contributed by atoms with van der Waals surface area (Å²) in [5.74, 6) is -1.41. The number of carbonyl (C=O) groups is 3. The zero-order valence-electron chi connectivity index (χ0n) is 20.4. The average Bonchev–Trinajstić information content (AvgIpc) is 2.88. The number of esters is 2. The van der Waals surface area contributed by atoms with Crippen LogP contribution < -0.4 is 5.73 Å². The molecular weight excluding hydrogens is 488 g/mol. The minimum Gasteiger partial charge on any atom is -0.460 e. The molecule has 2 aromatic carbocycles. The van der Waals surface area contributed by atoms with E-state index < -0.39 is 42.1 Å². The molecule has 0 aliphatic carbocycles. The van der Waals surface area contributed by atoms with E-state index in [1.54, 1.807) is 67.6 Å². The third-order valence-electron chi connectivity index (χ3n) is 5.94. The van der Waals surface area contributed by atoms with Crippen LogP contribution in [0.2, 0.25) is 0 Å². The van der Waals surface area contributed by atoms with E-state index in [1.807, 2.05) is 0 Å². The van der Waals surface area contributed by atoms with Crippen LogP contribution in [0.15, 0.2) is 60.7 Å². The molecule has 3 N–H and O–H groups in total. The van der Waals surface area contributed by atoms with E-state index >= 15 is 0 Å². The summed E-state index contributed by atoms with van der Waals surface area (Å²) in [4.78, 5) is 38.9. The van der Waals surface area contributed by atoms with Gasteiger partial charge in [-0.1, -0.05) is 67.6 Å². The number of nitrogens with two attached hydrogens (primary N) is 1. The standard InChI is InChI=1S/C26H32N2O7.ClH/c1-3-22(27)23(29)33-18(2)34-25(31)28-16-14-21(15-17-28)35-24(30)26(32,19-10-6-4-7-11-19)20-12-8-5-9-13-20;/h4-13,18,21-22,32H,3,14-17,27H2,1-2H3;1H/t18?,22-;/m0./s1. The summed E-state index contributed by atoms with van der Waals surface area (Å²) < 4.78 is 15.9. The summed E-state index contributed by atoms with van der Waals surface area (Å²) in [7, 11) is 0. The molecule has 1 unspecified atom stereocenters. The van der Waals surface area contributed by atoms with E-state index in [1.165, 1.54) is 11.8 Å². The third-order valence-corrected chi connectivity index (χ3v) is 5.94. The highest BCUT2D eigenvalue weighted by Gasteiger charge is 2.43. The molecule has 0 saturated carbocycles. The Morgan fingerprint density at radius 1 is 1.00 bits per heavy atom. The van der Waals surface area contributed by atoms with Gasteiger partial charge in [-0.25, -0.2) is 9.59 Å². The largest absolute Gasteiger partial charge is 0.460 e. The minimum absolute atomic E-state index is 0. The van der Waals surface area contributed by atoms with Crippen molar-refractivity contribution >= 4 is 30.4 Å². The Balaban J connectivity index is 0.00000456. The number of ether oxygens (including phenoxy) is 3. The third kappa shape index (κ3) is 6.96. The molecule has 1 aliphatic rings. The van der Waals surface area contributed by atoms with E-state index in [0.717, 1.165) is 0 Å². The smallest absolute Gasteiger partial charge is 0.412 e. The number of halogens is 1. The molecule has 196 valence electrons. The van der Waals surface area contributed by atoms with Crippen LogP contribution in [-0.2, 0) is 29.4 Å². The monoisotopic (exact) mass is 520 g/mol. The fourth-order valence-electron chi connectivity index (χ4n) is 3.81. The van der Waals surface area contributed by atoms with E-state index in [0.29, 0.717) is 30.4 Å². The first-order valence-corrected chi connectivity index (χ1v) is 11.7. The molecule has 36 heavy (non-hydrogen) atoms. The molecule has 1 amide bonds. The van der Waals surface area contributed by atoms with Crippen molar-refractivity contribution in [2.24, 2.45) is 5.73 Å². The molecule has 10 heteroatoms. The predicted octanol–water partition coefficient (Wildman–Crippen LogP) is 3.12. The van der Waals surface area contributed by atoms with Gasteiger partial charge >= 0.3 is 18.0 Å². The van der Waals surface area contributed by atoms with Crippen molar-refractivity contribution in [1.29, 1.82) is 0 Å². The fourth-order valence-corrected chi connectivity index (χ4v) is 3.81. The zero-order chi connectivity index (χ0) is 25.4. The topological polar surface area (TPSA) is 128 Å². The first kappa shape index (κ1) is 29.1. The first-order chi connectivity index (χ1) is 16.8. The molecular formula is C26H33ClN2O7. The Morgan fingerprint density at radius 2 is 1.50 bits per heavy atom. The molecule has 3 rings (SSSR count). The number of rotatable bonds is 8. The zero-order valence-corrected chi connectivity index (χ0v) is 21.2. The van der Waals surface area contributed by atoms with Crippen LogP contribution in [0.4, 0.5) is 4.79 Å². The number of aliphatic hydroxyl groups is 1. The molecule has 2 atom stereocenters. The van der Waals surface area contributed by atoms with Gasteiger partial charge in [-0.05, 0) is 17.5 Å². The van der Waals surface area contributed by atoms with Gasteiger partial charge in [0.25, 0.3) is 0 Å². The fraction of sp³-hybridized carbons (Fsp3) is 0.423. The van der Waals surface area contributed by atoms with Gasteiger partial charge in [0.1, 0.15) is 12.1 Å². The summed E-state index contributed by atoms with van der Waals surface area (Å²) in [6.45, 7) is 3.75. The second-order valence-electron chi connectivity index (χ2n) is 8.44. The van der Waals surface area contributed by atoms with Crippen LogP contribution in [0.1, 0.15) is 44.2 Å². The summed E-state index contributed by atoms with van der Waals surface area (Å²) >= 11 is 0. The van der Waals surface area contributed by atoms with Gasteiger partial charge in [0, 0.05) is 32.9 Å². The summed E-state index contributed by atoms with van der Waals surface area (Å²) in [6, 6.07) is 16.5. The lowest BCUT2D eigenvalue weighted by atomic mass is 9.86. The summed E-state index contributed by atoms with van der Waals surface area (Å²) in [5.41, 5.74) is 4.46. The van der Waals surface area contributed by atoms with Crippen LogP contribution >= 0.6 is 12.4 Å². The van der Waals surface area contributed by atoms with Gasteiger partial charge in [0.2, 0.25) is 11.9 Å². The highest BCUT2D eigenvalue weighted by atomic mass is 35.5. The predicted molar refractivity (Wildman–Crippen MR) is 134 cm³/mol. The Morgan fingerprint density at radius 3 is 1.97 bits per heavy atom. The Hall–Kier alpha value is -3.14. The Labute approximate surface area is 216 Å². The van der Waals surface area contributed by atoms with Crippen molar-refractivity contribution in [3.8, 4) is 0 Å². The molecule has 9 nitrogen and oxygen atoms in total. The second-order valence-corrected chi connectivity index (χ2v) is 8.44. The van der Waals surface area contributed by atoms with Crippen molar-refractivity contribution < 1.29 is 33.7 Å². The number of piperidine rings is 1. The molecule has 1 heterocycles. The summed E-state index contributed by atoms with van der Waals surface area (Å²) in [5, 5.41) is 11.5. The van der Waals surface area contributed by atoms with E-state index in [9.17, 15) is 19.5 Å². The molecule has 1 fully saturated rings. The van der Waals surface area contributed by atoms with E-state index in [2.05, 4.69) is 0 Å². The van der Waals surface area contributed by atoms with Crippen LogP contribution in [0.25, 0.3) is 0 Å². The van der Waals surface area contributed by atoms with Crippen molar-refractivity contribution in [3.63, 3.8) is 0 Å². The first-order valence-electron chi connectivity index (χ1n) is 11.7. The second kappa shape index (κ2) is 13.2. The van der Waals surface area contributed by atoms with E-state index in [4.69, 9.17) is 19.9 Å². The lowest BCUT2D eigenvalue weighted by Crippen LogP contribution is -2.46. The lowest BCUT2D eigenvalue weighted by molar-refractivity contribution is -0.170. The SMILES string of the molecule is CC[C@H](N)C(=O)OC(C)OC(=O)N1CCC(OC(=O)C(O)(c2ccccc2)c2ccccc2)CC1.Cl. The van der Waals surface area contributed by atoms with Crippen LogP contribution in [0, 0.1) is 0 Å². The van der Waals surface area contributed by atoms with E-state index in [-0.39, 0.29) is 25.5 Å². The van der Waals surface area contributed by atoms with Crippen molar-refractivity contribution in [2.45, 2.75) is 57.1 Å². The van der Waals surface area contributed by atoms with Gasteiger partial charge in [0.05, 0.1) is 0 Å². The highest BCUT2D eigenvalue weighted by Crippen LogP contribution is 2.32. The van der Waals surface area contributed by atoms with Crippen molar-refractivity contribution in [1.82, 2.24) is 4.90 Å². The Bertz CT molecular complexity index is 958. The number of hydrogen-bond acceptors (Lipinski definition) is 8. The number of nitrogens with zero attached hydrogens (tertiary/aromatic N) is 1. The van der Waals surface area contributed by atoms with Crippen molar-refractivity contribution in [2.75, 3.05) is 13.1 Å². The number of hydrogen-bond donors (Lipinski definition) is 2. The van der Waals surface area contributed by atoms with Gasteiger partial charge in [-0.3, -0.25) is 4.79 Å². The maximum atomic E-state index is 13.2. The van der Waals surface area contributed by atoms with Crippen LogP contribution in [0.3, 0.4) is 0 Å². The summed E-state index contributed by atoms with van der Waals surface area (Å²) in [6.07, 6.45) is -1.04. The van der Waals surface area contributed by atoms with Crippen LogP contribution in [-0.4, -0.2) is 59.6 Å². The number of carbonyl (C=O) groups excluding carboxylic acids is 3.